The highest BCUT2D eigenvalue weighted by Gasteiger charge is 2.26. The number of nitrogens with two attached hydrogens (primary N) is 1. The number of benzene rings is 1. The zero-order valence-corrected chi connectivity index (χ0v) is 12.9. The Labute approximate surface area is 133 Å². The van der Waals surface area contributed by atoms with Crippen molar-refractivity contribution in [3.63, 3.8) is 0 Å². The van der Waals surface area contributed by atoms with Crippen molar-refractivity contribution in [3.8, 4) is 6.07 Å². The Balaban J connectivity index is 2.13. The van der Waals surface area contributed by atoms with E-state index < -0.39 is 21.6 Å². The number of primary amides is 1. The molecule has 1 heterocycles. The highest BCUT2D eigenvalue weighted by Crippen LogP contribution is 2.19. The topological polar surface area (TPSA) is 138 Å². The number of hydrogen-bond donors (Lipinski definition) is 2. The van der Waals surface area contributed by atoms with Crippen molar-refractivity contribution >= 4 is 27.3 Å². The van der Waals surface area contributed by atoms with Crippen molar-refractivity contribution in [2.45, 2.75) is 4.90 Å². The Kier molecular flexibility index (Phi) is 5.28. The van der Waals surface area contributed by atoms with Crippen LogP contribution >= 0.6 is 0 Å². The van der Waals surface area contributed by atoms with Gasteiger partial charge in [0.1, 0.15) is 6.07 Å². The number of nitrogens with one attached hydrogen (secondary N) is 1. The van der Waals surface area contributed by atoms with Gasteiger partial charge in [0.05, 0.1) is 23.8 Å². The van der Waals surface area contributed by atoms with E-state index in [-0.39, 0.29) is 4.90 Å². The number of carbonyl (C=O) groups is 1. The lowest BCUT2D eigenvalue weighted by molar-refractivity contribution is -0.111. The minimum absolute atomic E-state index is 0.143. The van der Waals surface area contributed by atoms with E-state index in [1.807, 2.05) is 0 Å². The number of hydrazone groups is 1. The first-order chi connectivity index (χ1) is 10.9. The van der Waals surface area contributed by atoms with E-state index in [4.69, 9.17) is 15.7 Å². The first-order valence-corrected chi connectivity index (χ1v) is 8.10. The third-order valence-corrected chi connectivity index (χ3v) is 5.01. The van der Waals surface area contributed by atoms with Gasteiger partial charge in [-0.25, -0.2) is 8.42 Å². The van der Waals surface area contributed by atoms with Crippen LogP contribution in [0, 0.1) is 11.3 Å². The van der Waals surface area contributed by atoms with E-state index in [1.165, 1.54) is 28.6 Å². The standard InChI is InChI=1S/C13H15N5O4S/c14-9-12(13(15)19)17-16-10-1-3-11(4-2-10)23(20,21)18-5-7-22-8-6-18/h1-4,16H,5-8H2,(H2,15,19). The summed E-state index contributed by atoms with van der Waals surface area (Å²) >= 11 is 0. The van der Waals surface area contributed by atoms with E-state index in [9.17, 15) is 13.2 Å². The van der Waals surface area contributed by atoms with Crippen molar-refractivity contribution in [3.05, 3.63) is 24.3 Å². The van der Waals surface area contributed by atoms with Crippen LogP contribution in [0.25, 0.3) is 0 Å². The second kappa shape index (κ2) is 7.19. The van der Waals surface area contributed by atoms with Crippen molar-refractivity contribution in [2.24, 2.45) is 10.8 Å². The fraction of sp³-hybridized carbons (Fsp3) is 0.308. The van der Waals surface area contributed by atoms with Gasteiger partial charge < -0.3 is 10.5 Å². The van der Waals surface area contributed by atoms with E-state index in [0.29, 0.717) is 32.0 Å². The van der Waals surface area contributed by atoms with Gasteiger partial charge in [0.15, 0.2) is 0 Å². The molecule has 0 spiro atoms. The maximum Gasteiger partial charge on any atom is 0.280 e. The maximum atomic E-state index is 12.4. The number of ether oxygens (including phenoxy) is 1. The van der Waals surface area contributed by atoms with E-state index in [1.54, 1.807) is 6.07 Å². The summed E-state index contributed by atoms with van der Waals surface area (Å²) in [5.74, 6) is -0.952. The predicted molar refractivity (Wildman–Crippen MR) is 81.9 cm³/mol. The first kappa shape index (κ1) is 16.9. The minimum atomic E-state index is -3.56. The van der Waals surface area contributed by atoms with Gasteiger partial charge in [-0.1, -0.05) is 0 Å². The number of hydrogen-bond acceptors (Lipinski definition) is 7. The fourth-order valence-electron chi connectivity index (χ4n) is 1.89. The van der Waals surface area contributed by atoms with Crippen LogP contribution in [-0.4, -0.2) is 50.6 Å². The molecule has 23 heavy (non-hydrogen) atoms. The Morgan fingerprint density at radius 2 is 1.91 bits per heavy atom. The van der Waals surface area contributed by atoms with Crippen molar-refractivity contribution in [2.75, 3.05) is 31.7 Å². The molecule has 2 rings (SSSR count). The molecule has 122 valence electrons. The number of amides is 1. The summed E-state index contributed by atoms with van der Waals surface area (Å²) in [6.45, 7) is 1.38. The number of morpholine rings is 1. The Bertz CT molecular complexity index is 746. The molecule has 1 saturated heterocycles. The van der Waals surface area contributed by atoms with Crippen LogP contribution in [0.1, 0.15) is 0 Å². The Morgan fingerprint density at radius 1 is 1.30 bits per heavy atom. The lowest BCUT2D eigenvalue weighted by atomic mass is 10.3. The maximum absolute atomic E-state index is 12.4. The third-order valence-electron chi connectivity index (χ3n) is 3.10. The number of rotatable bonds is 5. The summed E-state index contributed by atoms with van der Waals surface area (Å²) in [4.78, 5) is 11.0. The number of nitrogens with zero attached hydrogens (tertiary/aromatic N) is 3. The van der Waals surface area contributed by atoms with Crippen molar-refractivity contribution in [1.29, 1.82) is 5.26 Å². The van der Waals surface area contributed by atoms with Crippen molar-refractivity contribution < 1.29 is 17.9 Å². The van der Waals surface area contributed by atoms with Crippen LogP contribution < -0.4 is 11.2 Å². The van der Waals surface area contributed by atoms with E-state index >= 15 is 0 Å². The summed E-state index contributed by atoms with van der Waals surface area (Å²) in [7, 11) is -3.56. The average molecular weight is 337 g/mol. The highest BCUT2D eigenvalue weighted by molar-refractivity contribution is 7.89. The quantitative estimate of drug-likeness (QED) is 0.548. The average Bonchev–Trinajstić information content (AvgIpc) is 2.56. The summed E-state index contributed by atoms with van der Waals surface area (Å²) < 4.78 is 31.3. The predicted octanol–water partition coefficient (Wildman–Crippen LogP) is -0.516. The van der Waals surface area contributed by atoms with Crippen LogP contribution in [-0.2, 0) is 19.6 Å². The molecule has 0 saturated carbocycles. The fourth-order valence-corrected chi connectivity index (χ4v) is 3.30. The smallest absolute Gasteiger partial charge is 0.280 e. The molecular weight excluding hydrogens is 322 g/mol. The molecule has 0 atom stereocenters. The number of anilines is 1. The summed E-state index contributed by atoms with van der Waals surface area (Å²) in [6, 6.07) is 7.34. The molecule has 1 aromatic carbocycles. The summed E-state index contributed by atoms with van der Waals surface area (Å²) in [6.07, 6.45) is 0. The van der Waals surface area contributed by atoms with Gasteiger partial charge in [-0.15, -0.1) is 0 Å². The van der Waals surface area contributed by atoms with Crippen LogP contribution in [0.4, 0.5) is 5.69 Å². The second-order valence-corrected chi connectivity index (χ2v) is 6.53. The van der Waals surface area contributed by atoms with Crippen LogP contribution in [0.15, 0.2) is 34.3 Å². The van der Waals surface area contributed by atoms with Gasteiger partial charge in [0.2, 0.25) is 15.7 Å². The molecule has 0 unspecified atom stereocenters. The van der Waals surface area contributed by atoms with Gasteiger partial charge in [-0.3, -0.25) is 10.2 Å². The number of carbonyl (C=O) groups excluding carboxylic acids is 1. The molecule has 1 aliphatic heterocycles. The largest absolute Gasteiger partial charge is 0.379 e. The van der Waals surface area contributed by atoms with Gasteiger partial charge in [0, 0.05) is 13.1 Å². The van der Waals surface area contributed by atoms with Crippen LogP contribution in [0.5, 0.6) is 0 Å². The second-order valence-electron chi connectivity index (χ2n) is 4.59. The Hall–Kier alpha value is -2.48. The van der Waals surface area contributed by atoms with Gasteiger partial charge >= 0.3 is 0 Å². The molecule has 1 fully saturated rings. The molecule has 0 radical (unpaired) electrons. The molecule has 0 aliphatic carbocycles. The molecule has 0 aromatic heterocycles. The van der Waals surface area contributed by atoms with Crippen LogP contribution in [0.2, 0.25) is 0 Å². The zero-order chi connectivity index (χ0) is 16.9. The lowest BCUT2D eigenvalue weighted by Gasteiger charge is -2.26. The lowest BCUT2D eigenvalue weighted by Crippen LogP contribution is -2.40. The zero-order valence-electron chi connectivity index (χ0n) is 12.1. The molecule has 1 amide bonds. The highest BCUT2D eigenvalue weighted by atomic mass is 32.2. The number of nitriles is 1. The van der Waals surface area contributed by atoms with Gasteiger partial charge in [-0.2, -0.15) is 14.7 Å². The van der Waals surface area contributed by atoms with E-state index in [2.05, 4.69) is 10.5 Å². The van der Waals surface area contributed by atoms with Crippen molar-refractivity contribution in [1.82, 2.24) is 4.31 Å². The molecule has 1 aromatic rings. The molecule has 3 N–H and O–H groups in total. The molecule has 9 nitrogen and oxygen atoms in total. The number of sulfonamides is 1. The monoisotopic (exact) mass is 337 g/mol. The summed E-state index contributed by atoms with van der Waals surface area (Å²) in [5, 5.41) is 12.2. The minimum Gasteiger partial charge on any atom is -0.379 e. The molecule has 1 aliphatic rings. The first-order valence-electron chi connectivity index (χ1n) is 6.66. The normalized spacial score (nSPS) is 16.6. The van der Waals surface area contributed by atoms with Crippen LogP contribution in [0.3, 0.4) is 0 Å². The Morgan fingerprint density at radius 3 is 2.43 bits per heavy atom. The summed E-state index contributed by atoms with van der Waals surface area (Å²) in [5.41, 5.74) is 7.36. The van der Waals surface area contributed by atoms with Gasteiger partial charge in [0.25, 0.3) is 5.91 Å². The SMILES string of the molecule is N#CC(=NNc1ccc(S(=O)(=O)N2CCOCC2)cc1)C(N)=O. The molecule has 10 heteroatoms. The third kappa shape index (κ3) is 4.04. The molecule has 0 bridgehead atoms. The molecular formula is C13H15N5O4S. The van der Waals surface area contributed by atoms with Gasteiger partial charge in [-0.05, 0) is 24.3 Å². The van der Waals surface area contributed by atoms with E-state index in [0.717, 1.165) is 0 Å².